The van der Waals surface area contributed by atoms with Gasteiger partial charge in [0.15, 0.2) is 0 Å². The lowest BCUT2D eigenvalue weighted by Crippen LogP contribution is -1.97. The maximum atomic E-state index is 4.17. The second kappa shape index (κ2) is 3.66. The Balaban J connectivity index is 1.97. The molecule has 0 aliphatic heterocycles. The Bertz CT molecular complexity index is 496. The van der Waals surface area contributed by atoms with Gasteiger partial charge in [0.2, 0.25) is 0 Å². The fraction of sp³-hybridized carbons (Fsp3) is 0. The molecular formula is C12H10N4. The lowest BCUT2D eigenvalue weighted by molar-refractivity contribution is 0.864. The normalized spacial score (nSPS) is 10.5. The molecule has 0 fully saturated rings. The summed E-state index contributed by atoms with van der Waals surface area (Å²) >= 11 is 0. The van der Waals surface area contributed by atoms with Gasteiger partial charge in [-0.15, -0.1) is 0 Å². The van der Waals surface area contributed by atoms with Crippen molar-refractivity contribution in [2.75, 3.05) is 0 Å². The third kappa shape index (κ3) is 1.50. The van der Waals surface area contributed by atoms with Crippen molar-refractivity contribution in [1.82, 2.24) is 19.6 Å². The van der Waals surface area contributed by atoms with E-state index in [0.717, 1.165) is 11.4 Å². The molecule has 0 atom stereocenters. The van der Waals surface area contributed by atoms with E-state index in [0.29, 0.717) is 0 Å². The molecular weight excluding hydrogens is 200 g/mol. The Morgan fingerprint density at radius 2 is 1.12 bits per heavy atom. The smallest absolute Gasteiger partial charge is 0.0647 e. The first-order chi connectivity index (χ1) is 7.93. The Hall–Kier alpha value is -2.36. The first-order valence-electron chi connectivity index (χ1n) is 5.03. The van der Waals surface area contributed by atoms with Crippen LogP contribution in [-0.2, 0) is 0 Å². The molecule has 0 aliphatic carbocycles. The molecule has 2 aromatic heterocycles. The van der Waals surface area contributed by atoms with Crippen molar-refractivity contribution in [1.29, 1.82) is 0 Å². The standard InChI is InChI=1S/C12H10N4/c1-7-13-15(9-1)11-3-5-12(6-4-11)16-10-2-8-14-16/h1-10H. The van der Waals surface area contributed by atoms with Crippen LogP contribution in [-0.4, -0.2) is 19.6 Å². The van der Waals surface area contributed by atoms with E-state index in [1.807, 2.05) is 58.2 Å². The molecule has 3 aromatic rings. The van der Waals surface area contributed by atoms with Crippen molar-refractivity contribution in [3.63, 3.8) is 0 Å². The van der Waals surface area contributed by atoms with Crippen molar-refractivity contribution in [3.05, 3.63) is 61.2 Å². The Kier molecular flexibility index (Phi) is 2.04. The Morgan fingerprint density at radius 3 is 1.44 bits per heavy atom. The van der Waals surface area contributed by atoms with E-state index in [2.05, 4.69) is 10.2 Å². The third-order valence-electron chi connectivity index (χ3n) is 2.39. The summed E-state index contributed by atoms with van der Waals surface area (Å²) in [5.74, 6) is 0. The lowest BCUT2D eigenvalue weighted by Gasteiger charge is -2.04. The summed E-state index contributed by atoms with van der Waals surface area (Å²) in [7, 11) is 0. The van der Waals surface area contributed by atoms with E-state index in [9.17, 15) is 0 Å². The van der Waals surface area contributed by atoms with Gasteiger partial charge >= 0.3 is 0 Å². The molecule has 78 valence electrons. The van der Waals surface area contributed by atoms with Crippen LogP contribution in [0.5, 0.6) is 0 Å². The van der Waals surface area contributed by atoms with Crippen molar-refractivity contribution in [2.24, 2.45) is 0 Å². The van der Waals surface area contributed by atoms with Gasteiger partial charge in [-0.25, -0.2) is 9.36 Å². The van der Waals surface area contributed by atoms with Gasteiger partial charge in [0.1, 0.15) is 0 Å². The molecule has 0 saturated carbocycles. The fourth-order valence-corrected chi connectivity index (χ4v) is 1.60. The van der Waals surface area contributed by atoms with Crippen LogP contribution in [0, 0.1) is 0 Å². The van der Waals surface area contributed by atoms with Crippen molar-refractivity contribution in [2.45, 2.75) is 0 Å². The SMILES string of the molecule is c1cnn(-c2ccc(-n3cccn3)cc2)c1. The van der Waals surface area contributed by atoms with Crippen LogP contribution in [0.1, 0.15) is 0 Å². The number of rotatable bonds is 2. The van der Waals surface area contributed by atoms with Gasteiger partial charge in [-0.1, -0.05) is 0 Å². The molecule has 0 N–H and O–H groups in total. The molecule has 4 heteroatoms. The Morgan fingerprint density at radius 1 is 0.688 bits per heavy atom. The average Bonchev–Trinajstić information content (AvgIpc) is 3.03. The predicted octanol–water partition coefficient (Wildman–Crippen LogP) is 2.06. The monoisotopic (exact) mass is 210 g/mol. The van der Waals surface area contributed by atoms with Crippen LogP contribution in [0.2, 0.25) is 0 Å². The first-order valence-corrected chi connectivity index (χ1v) is 5.03. The quantitative estimate of drug-likeness (QED) is 0.649. The third-order valence-corrected chi connectivity index (χ3v) is 2.39. The highest BCUT2D eigenvalue weighted by Gasteiger charge is 1.98. The number of aromatic nitrogens is 4. The molecule has 0 saturated heterocycles. The van der Waals surface area contributed by atoms with Gasteiger partial charge in [0, 0.05) is 24.8 Å². The van der Waals surface area contributed by atoms with E-state index in [-0.39, 0.29) is 0 Å². The molecule has 1 aromatic carbocycles. The molecule has 0 aliphatic rings. The maximum absolute atomic E-state index is 4.17. The van der Waals surface area contributed by atoms with E-state index < -0.39 is 0 Å². The second-order valence-corrected chi connectivity index (χ2v) is 3.42. The minimum absolute atomic E-state index is 1.04. The number of hydrogen-bond acceptors (Lipinski definition) is 2. The van der Waals surface area contributed by atoms with Gasteiger partial charge in [0.25, 0.3) is 0 Å². The zero-order valence-electron chi connectivity index (χ0n) is 8.56. The minimum atomic E-state index is 1.04. The zero-order valence-corrected chi connectivity index (χ0v) is 8.56. The van der Waals surface area contributed by atoms with Gasteiger partial charge in [-0.2, -0.15) is 10.2 Å². The Labute approximate surface area is 92.8 Å². The fourth-order valence-electron chi connectivity index (χ4n) is 1.60. The predicted molar refractivity (Wildman–Crippen MR) is 60.7 cm³/mol. The molecule has 0 spiro atoms. The second-order valence-electron chi connectivity index (χ2n) is 3.42. The summed E-state index contributed by atoms with van der Waals surface area (Å²) in [6, 6.07) is 11.9. The largest absolute Gasteiger partial charge is 0.241 e. The van der Waals surface area contributed by atoms with E-state index in [1.165, 1.54) is 0 Å². The molecule has 3 rings (SSSR count). The highest BCUT2D eigenvalue weighted by molar-refractivity contribution is 5.40. The van der Waals surface area contributed by atoms with Gasteiger partial charge in [-0.05, 0) is 36.4 Å². The van der Waals surface area contributed by atoms with E-state index in [4.69, 9.17) is 0 Å². The number of hydrogen-bond donors (Lipinski definition) is 0. The minimum Gasteiger partial charge on any atom is -0.241 e. The number of nitrogens with zero attached hydrogens (tertiary/aromatic N) is 4. The first kappa shape index (κ1) is 8.91. The topological polar surface area (TPSA) is 35.6 Å². The van der Waals surface area contributed by atoms with Crippen LogP contribution in [0.3, 0.4) is 0 Å². The van der Waals surface area contributed by atoms with Crippen LogP contribution in [0.4, 0.5) is 0 Å². The van der Waals surface area contributed by atoms with E-state index >= 15 is 0 Å². The van der Waals surface area contributed by atoms with Crippen molar-refractivity contribution in [3.8, 4) is 11.4 Å². The maximum Gasteiger partial charge on any atom is 0.0647 e. The molecule has 2 heterocycles. The van der Waals surface area contributed by atoms with Crippen LogP contribution >= 0.6 is 0 Å². The summed E-state index contributed by atoms with van der Waals surface area (Å²) < 4.78 is 3.65. The number of benzene rings is 1. The highest BCUT2D eigenvalue weighted by Crippen LogP contribution is 2.11. The molecule has 0 unspecified atom stereocenters. The molecule has 0 radical (unpaired) electrons. The van der Waals surface area contributed by atoms with Gasteiger partial charge in [-0.3, -0.25) is 0 Å². The van der Waals surface area contributed by atoms with Crippen molar-refractivity contribution >= 4 is 0 Å². The average molecular weight is 210 g/mol. The lowest BCUT2D eigenvalue weighted by atomic mass is 10.3. The van der Waals surface area contributed by atoms with Crippen LogP contribution < -0.4 is 0 Å². The van der Waals surface area contributed by atoms with Gasteiger partial charge in [0.05, 0.1) is 11.4 Å². The highest BCUT2D eigenvalue weighted by atomic mass is 15.3. The molecule has 4 nitrogen and oxygen atoms in total. The summed E-state index contributed by atoms with van der Waals surface area (Å²) in [6.45, 7) is 0. The molecule has 0 amide bonds. The molecule has 16 heavy (non-hydrogen) atoms. The van der Waals surface area contributed by atoms with Crippen LogP contribution in [0.15, 0.2) is 61.2 Å². The van der Waals surface area contributed by atoms with E-state index in [1.54, 1.807) is 12.4 Å². The van der Waals surface area contributed by atoms with Gasteiger partial charge < -0.3 is 0 Å². The van der Waals surface area contributed by atoms with Crippen molar-refractivity contribution < 1.29 is 0 Å². The summed E-state index contributed by atoms with van der Waals surface area (Å²) in [5.41, 5.74) is 2.09. The van der Waals surface area contributed by atoms with Crippen LogP contribution in [0.25, 0.3) is 11.4 Å². The zero-order chi connectivity index (χ0) is 10.8. The summed E-state index contributed by atoms with van der Waals surface area (Å²) in [5, 5.41) is 8.35. The summed E-state index contributed by atoms with van der Waals surface area (Å²) in [6.07, 6.45) is 7.37. The summed E-state index contributed by atoms with van der Waals surface area (Å²) in [4.78, 5) is 0. The molecule has 0 bridgehead atoms.